The molecule has 0 fully saturated rings. The maximum Gasteiger partial charge on any atom is 0.268 e. The number of nitrogens with zero attached hydrogens (tertiary/aromatic N) is 1. The molecule has 3 aromatic rings. The molecule has 2 amide bonds. The molecule has 0 aliphatic carbocycles. The summed E-state index contributed by atoms with van der Waals surface area (Å²) in [6.07, 6.45) is 2.47. The summed E-state index contributed by atoms with van der Waals surface area (Å²) in [7, 11) is 3.43. The highest BCUT2D eigenvalue weighted by molar-refractivity contribution is 7.98. The van der Waals surface area contributed by atoms with Crippen molar-refractivity contribution in [2.45, 2.75) is 12.5 Å². The van der Waals surface area contributed by atoms with E-state index in [-0.39, 0.29) is 18.6 Å². The van der Waals surface area contributed by atoms with Crippen molar-refractivity contribution in [2.24, 2.45) is 7.05 Å². The summed E-state index contributed by atoms with van der Waals surface area (Å²) in [5, 5.41) is 6.66. The second-order valence-corrected chi connectivity index (χ2v) is 8.36. The van der Waals surface area contributed by atoms with E-state index < -0.39 is 6.04 Å². The number of rotatable bonds is 8. The van der Waals surface area contributed by atoms with E-state index in [9.17, 15) is 9.59 Å². The highest BCUT2D eigenvalue weighted by atomic mass is 32.2. The Labute approximate surface area is 190 Å². The van der Waals surface area contributed by atoms with Crippen LogP contribution in [0.3, 0.4) is 0 Å². The van der Waals surface area contributed by atoms with Crippen LogP contribution in [0.1, 0.15) is 16.9 Å². The molecule has 1 aliphatic rings. The normalized spacial score (nSPS) is 13.1. The Morgan fingerprint density at radius 1 is 1.16 bits per heavy atom. The van der Waals surface area contributed by atoms with Crippen molar-refractivity contribution in [3.05, 3.63) is 48.2 Å². The molecule has 2 heterocycles. The molecule has 0 saturated heterocycles. The van der Waals surface area contributed by atoms with Gasteiger partial charge in [0.1, 0.15) is 17.5 Å². The Morgan fingerprint density at radius 3 is 2.75 bits per heavy atom. The molecule has 4 rings (SSSR count). The largest absolute Gasteiger partial charge is 0.497 e. The van der Waals surface area contributed by atoms with Crippen LogP contribution in [0.25, 0.3) is 10.9 Å². The molecule has 1 aliphatic heterocycles. The molecule has 1 unspecified atom stereocenters. The minimum atomic E-state index is -0.687. The number of aryl methyl sites for hydroxylation is 1. The molecule has 1 atom stereocenters. The summed E-state index contributed by atoms with van der Waals surface area (Å²) in [6, 6.07) is 12.0. The van der Waals surface area contributed by atoms with Crippen LogP contribution in [0.15, 0.2) is 42.5 Å². The van der Waals surface area contributed by atoms with Crippen LogP contribution >= 0.6 is 11.8 Å². The van der Waals surface area contributed by atoms with E-state index in [1.807, 2.05) is 36.1 Å². The fraction of sp³-hybridized carbons (Fsp3) is 0.304. The van der Waals surface area contributed by atoms with Crippen molar-refractivity contribution in [1.29, 1.82) is 0 Å². The second-order valence-electron chi connectivity index (χ2n) is 7.38. The minimum Gasteiger partial charge on any atom is -0.497 e. The molecule has 0 bridgehead atoms. The molecular formula is C23H25N3O5S. The number of carbonyl (C=O) groups is 2. The summed E-state index contributed by atoms with van der Waals surface area (Å²) in [6.45, 7) is 0.163. The van der Waals surface area contributed by atoms with Gasteiger partial charge >= 0.3 is 0 Å². The van der Waals surface area contributed by atoms with E-state index in [0.717, 1.165) is 22.4 Å². The highest BCUT2D eigenvalue weighted by Crippen LogP contribution is 2.34. The van der Waals surface area contributed by atoms with Gasteiger partial charge in [0, 0.05) is 29.7 Å². The van der Waals surface area contributed by atoms with Gasteiger partial charge in [0.2, 0.25) is 12.7 Å². The molecule has 168 valence electrons. The zero-order valence-electron chi connectivity index (χ0n) is 18.1. The number of ether oxygens (including phenoxy) is 3. The van der Waals surface area contributed by atoms with E-state index in [1.54, 1.807) is 43.1 Å². The van der Waals surface area contributed by atoms with Crippen LogP contribution in [-0.2, 0) is 11.8 Å². The topological polar surface area (TPSA) is 90.8 Å². The molecule has 2 aromatic carbocycles. The summed E-state index contributed by atoms with van der Waals surface area (Å²) >= 11 is 1.62. The number of carbonyl (C=O) groups excluding carboxylic acids is 2. The number of nitrogens with one attached hydrogen (secondary N) is 2. The van der Waals surface area contributed by atoms with Crippen LogP contribution < -0.4 is 24.8 Å². The second kappa shape index (κ2) is 9.44. The Balaban J connectivity index is 1.51. The van der Waals surface area contributed by atoms with Gasteiger partial charge in [-0.15, -0.1) is 0 Å². The molecule has 1 aromatic heterocycles. The lowest BCUT2D eigenvalue weighted by Gasteiger charge is -2.18. The summed E-state index contributed by atoms with van der Waals surface area (Å²) in [5.74, 6) is 2.07. The van der Waals surface area contributed by atoms with Crippen molar-refractivity contribution in [3.8, 4) is 17.2 Å². The predicted octanol–water partition coefficient (Wildman–Crippen LogP) is 3.41. The van der Waals surface area contributed by atoms with Crippen LogP contribution in [0.2, 0.25) is 0 Å². The molecule has 0 spiro atoms. The molecule has 9 heteroatoms. The molecular weight excluding hydrogens is 430 g/mol. The van der Waals surface area contributed by atoms with E-state index >= 15 is 0 Å². The van der Waals surface area contributed by atoms with Crippen molar-refractivity contribution >= 4 is 40.2 Å². The minimum absolute atomic E-state index is 0.163. The number of hydrogen-bond acceptors (Lipinski definition) is 6. The van der Waals surface area contributed by atoms with Gasteiger partial charge in [-0.25, -0.2) is 0 Å². The van der Waals surface area contributed by atoms with Crippen LogP contribution in [0.5, 0.6) is 17.2 Å². The highest BCUT2D eigenvalue weighted by Gasteiger charge is 2.24. The van der Waals surface area contributed by atoms with Gasteiger partial charge in [-0.2, -0.15) is 11.8 Å². The average molecular weight is 456 g/mol. The molecule has 32 heavy (non-hydrogen) atoms. The molecule has 0 saturated carbocycles. The third-order valence-corrected chi connectivity index (χ3v) is 6.00. The standard InChI is InChI=1S/C23H25N3O5S/c1-26-18-6-5-16(29-2)10-14(18)11-19(26)23(28)25-17(8-9-32-3)22(27)24-15-4-7-20-21(12-15)31-13-30-20/h4-7,10-12,17H,8-9,13H2,1-3H3,(H,24,27)(H,25,28). The number of fused-ring (bicyclic) bond motifs is 2. The zero-order chi connectivity index (χ0) is 22.7. The number of methoxy groups -OCH3 is 1. The molecule has 8 nitrogen and oxygen atoms in total. The van der Waals surface area contributed by atoms with Crippen molar-refractivity contribution < 1.29 is 23.8 Å². The quantitative estimate of drug-likeness (QED) is 0.541. The first-order valence-corrected chi connectivity index (χ1v) is 11.5. The fourth-order valence-electron chi connectivity index (χ4n) is 3.61. The number of benzene rings is 2. The Kier molecular flexibility index (Phi) is 6.45. The summed E-state index contributed by atoms with van der Waals surface area (Å²) in [4.78, 5) is 26.1. The summed E-state index contributed by atoms with van der Waals surface area (Å²) in [5.41, 5.74) is 1.96. The van der Waals surface area contributed by atoms with E-state index in [4.69, 9.17) is 14.2 Å². The maximum atomic E-state index is 13.1. The van der Waals surface area contributed by atoms with E-state index in [0.29, 0.717) is 29.3 Å². The lowest BCUT2D eigenvalue weighted by Crippen LogP contribution is -2.44. The summed E-state index contributed by atoms with van der Waals surface area (Å²) < 4.78 is 17.8. The fourth-order valence-corrected chi connectivity index (χ4v) is 4.08. The number of amides is 2. The number of thioether (sulfide) groups is 1. The van der Waals surface area contributed by atoms with Gasteiger partial charge in [0.25, 0.3) is 5.91 Å². The van der Waals surface area contributed by atoms with Crippen molar-refractivity contribution in [3.63, 3.8) is 0 Å². The Hall–Kier alpha value is -3.33. The van der Waals surface area contributed by atoms with Gasteiger partial charge in [0.05, 0.1) is 7.11 Å². The first-order valence-electron chi connectivity index (χ1n) is 10.1. The maximum absolute atomic E-state index is 13.1. The first kappa shape index (κ1) is 21.9. The zero-order valence-corrected chi connectivity index (χ0v) is 19.0. The Morgan fingerprint density at radius 2 is 1.97 bits per heavy atom. The third kappa shape index (κ3) is 4.47. The van der Waals surface area contributed by atoms with Crippen LogP contribution in [-0.4, -0.2) is 48.3 Å². The third-order valence-electron chi connectivity index (χ3n) is 5.35. The van der Waals surface area contributed by atoms with Crippen molar-refractivity contribution in [2.75, 3.05) is 31.2 Å². The lowest BCUT2D eigenvalue weighted by molar-refractivity contribution is -0.118. The smallest absolute Gasteiger partial charge is 0.268 e. The van der Waals surface area contributed by atoms with Gasteiger partial charge < -0.3 is 29.4 Å². The Bertz CT molecular complexity index is 1160. The number of anilines is 1. The van der Waals surface area contributed by atoms with Gasteiger partial charge in [-0.05, 0) is 54.8 Å². The number of aromatic nitrogens is 1. The van der Waals surface area contributed by atoms with Crippen LogP contribution in [0, 0.1) is 0 Å². The molecule has 2 N–H and O–H groups in total. The predicted molar refractivity (Wildman–Crippen MR) is 125 cm³/mol. The van der Waals surface area contributed by atoms with E-state index in [2.05, 4.69) is 10.6 Å². The van der Waals surface area contributed by atoms with Crippen LogP contribution in [0.4, 0.5) is 5.69 Å². The SMILES string of the molecule is COc1ccc2c(c1)cc(C(=O)NC(CCSC)C(=O)Nc1ccc3c(c1)OCO3)n2C. The van der Waals surface area contributed by atoms with E-state index in [1.165, 1.54) is 0 Å². The number of hydrogen-bond donors (Lipinski definition) is 2. The molecule has 0 radical (unpaired) electrons. The monoisotopic (exact) mass is 455 g/mol. The average Bonchev–Trinajstić information content (AvgIpc) is 3.40. The van der Waals surface area contributed by atoms with Crippen molar-refractivity contribution in [1.82, 2.24) is 9.88 Å². The first-order chi connectivity index (χ1) is 15.5. The lowest BCUT2D eigenvalue weighted by atomic mass is 10.2. The van der Waals surface area contributed by atoms with Gasteiger partial charge in [0.15, 0.2) is 11.5 Å². The van der Waals surface area contributed by atoms with Gasteiger partial charge in [-0.1, -0.05) is 0 Å². The van der Waals surface area contributed by atoms with Gasteiger partial charge in [-0.3, -0.25) is 9.59 Å².